The number of ether oxygens (including phenoxy) is 1. The molecule has 1 aliphatic rings. The molecule has 0 spiro atoms. The highest BCUT2D eigenvalue weighted by Crippen LogP contribution is 2.39. The van der Waals surface area contributed by atoms with Crippen LogP contribution in [0, 0.1) is 5.82 Å². The second-order valence-electron chi connectivity index (χ2n) is 7.27. The first kappa shape index (κ1) is 20.9. The van der Waals surface area contributed by atoms with E-state index in [1.54, 1.807) is 0 Å². The standard InChI is InChI=1S/C20H19F4N5O2/c21-11-4-6-12(7-5-11)31-10-16(30)29-8-2-1-3-15(29)14-9-13(20(22,23)24)17-18(25)27-28-19(17)26-14/h4-7,9,15H,1-3,8,10H2,(H3,25,26,27,28)/t15-/m1/s1. The number of nitrogens with two attached hydrogens (primary N) is 1. The van der Waals surface area contributed by atoms with Crippen molar-refractivity contribution in [2.75, 3.05) is 18.9 Å². The van der Waals surface area contributed by atoms with Crippen molar-refractivity contribution in [1.29, 1.82) is 0 Å². The Morgan fingerprint density at radius 3 is 2.71 bits per heavy atom. The molecule has 0 saturated carbocycles. The number of carbonyl (C=O) groups is 1. The molecule has 4 rings (SSSR count). The Labute approximate surface area is 174 Å². The van der Waals surface area contributed by atoms with Crippen LogP contribution in [0.3, 0.4) is 0 Å². The monoisotopic (exact) mass is 437 g/mol. The highest BCUT2D eigenvalue weighted by molar-refractivity contribution is 5.90. The Bertz CT molecular complexity index is 1100. The predicted molar refractivity (Wildman–Crippen MR) is 104 cm³/mol. The van der Waals surface area contributed by atoms with E-state index in [1.807, 2.05) is 0 Å². The van der Waals surface area contributed by atoms with Crippen LogP contribution in [0.5, 0.6) is 5.75 Å². The average molecular weight is 437 g/mol. The smallest absolute Gasteiger partial charge is 0.417 e. The van der Waals surface area contributed by atoms with Gasteiger partial charge in [0.15, 0.2) is 12.3 Å². The van der Waals surface area contributed by atoms with Gasteiger partial charge < -0.3 is 15.4 Å². The van der Waals surface area contributed by atoms with E-state index in [2.05, 4.69) is 15.2 Å². The number of piperidine rings is 1. The van der Waals surface area contributed by atoms with Crippen molar-refractivity contribution in [3.8, 4) is 5.75 Å². The van der Waals surface area contributed by atoms with E-state index >= 15 is 0 Å². The topological polar surface area (TPSA) is 97.1 Å². The minimum absolute atomic E-state index is 0.0983. The zero-order valence-corrected chi connectivity index (χ0v) is 16.2. The second kappa shape index (κ2) is 8.05. The predicted octanol–water partition coefficient (Wildman–Crippen LogP) is 3.83. The summed E-state index contributed by atoms with van der Waals surface area (Å²) < 4.78 is 59.4. The maximum absolute atomic E-state index is 13.7. The first-order valence-corrected chi connectivity index (χ1v) is 9.63. The Kier molecular flexibility index (Phi) is 5.42. The number of nitrogens with zero attached hydrogens (tertiary/aromatic N) is 3. The molecule has 0 aliphatic carbocycles. The van der Waals surface area contributed by atoms with Gasteiger partial charge in [-0.2, -0.15) is 18.3 Å². The molecule has 3 aromatic rings. The second-order valence-corrected chi connectivity index (χ2v) is 7.27. The number of anilines is 1. The number of alkyl halides is 3. The number of nitrogen functional groups attached to an aromatic ring is 1. The third-order valence-corrected chi connectivity index (χ3v) is 5.22. The van der Waals surface area contributed by atoms with Crippen molar-refractivity contribution in [2.24, 2.45) is 0 Å². The third-order valence-electron chi connectivity index (χ3n) is 5.22. The van der Waals surface area contributed by atoms with E-state index in [9.17, 15) is 22.4 Å². The van der Waals surface area contributed by atoms with E-state index in [0.717, 1.165) is 12.5 Å². The first-order valence-electron chi connectivity index (χ1n) is 9.63. The summed E-state index contributed by atoms with van der Waals surface area (Å²) in [5.74, 6) is -0.735. The Morgan fingerprint density at radius 2 is 2.00 bits per heavy atom. The molecule has 1 amide bonds. The largest absolute Gasteiger partial charge is 0.484 e. The van der Waals surface area contributed by atoms with Crippen molar-refractivity contribution in [2.45, 2.75) is 31.5 Å². The molecule has 1 aliphatic heterocycles. The Balaban J connectivity index is 1.61. The molecular weight excluding hydrogens is 418 g/mol. The molecule has 0 radical (unpaired) electrons. The zero-order valence-electron chi connectivity index (χ0n) is 16.2. The molecule has 3 heterocycles. The number of aromatic amines is 1. The number of hydrogen-bond acceptors (Lipinski definition) is 5. The summed E-state index contributed by atoms with van der Waals surface area (Å²) in [6.07, 6.45) is -2.76. The zero-order chi connectivity index (χ0) is 22.2. The number of hydrogen-bond donors (Lipinski definition) is 2. The van der Waals surface area contributed by atoms with Gasteiger partial charge in [-0.25, -0.2) is 9.37 Å². The van der Waals surface area contributed by atoms with Crippen molar-refractivity contribution in [3.05, 3.63) is 47.4 Å². The molecule has 3 N–H and O–H groups in total. The van der Waals surface area contributed by atoms with Gasteiger partial charge in [0.25, 0.3) is 5.91 Å². The quantitative estimate of drug-likeness (QED) is 0.605. The summed E-state index contributed by atoms with van der Waals surface area (Å²) in [6, 6.07) is 5.48. The molecule has 1 saturated heterocycles. The van der Waals surface area contributed by atoms with Gasteiger partial charge in [0.05, 0.1) is 22.7 Å². The van der Waals surface area contributed by atoms with Crippen LogP contribution < -0.4 is 10.5 Å². The molecule has 164 valence electrons. The summed E-state index contributed by atoms with van der Waals surface area (Å²) in [5.41, 5.74) is 4.62. The van der Waals surface area contributed by atoms with Crippen LogP contribution in [-0.2, 0) is 11.0 Å². The van der Waals surface area contributed by atoms with Gasteiger partial charge >= 0.3 is 6.18 Å². The fraction of sp³-hybridized carbons (Fsp3) is 0.350. The van der Waals surface area contributed by atoms with Crippen molar-refractivity contribution in [3.63, 3.8) is 0 Å². The third kappa shape index (κ3) is 4.25. The number of benzene rings is 1. The number of fused-ring (bicyclic) bond motifs is 1. The van der Waals surface area contributed by atoms with Gasteiger partial charge in [0, 0.05) is 6.54 Å². The van der Waals surface area contributed by atoms with Gasteiger partial charge in [-0.15, -0.1) is 0 Å². The summed E-state index contributed by atoms with van der Waals surface area (Å²) in [6.45, 7) is 0.0336. The number of amides is 1. The Morgan fingerprint density at radius 1 is 1.26 bits per heavy atom. The average Bonchev–Trinajstić information content (AvgIpc) is 3.12. The summed E-state index contributed by atoms with van der Waals surface area (Å²) >= 11 is 0. The number of pyridine rings is 1. The summed E-state index contributed by atoms with van der Waals surface area (Å²) in [7, 11) is 0. The van der Waals surface area contributed by atoms with E-state index in [4.69, 9.17) is 10.5 Å². The number of aromatic nitrogens is 3. The number of nitrogens with one attached hydrogen (secondary N) is 1. The van der Waals surface area contributed by atoms with Gasteiger partial charge in [0.2, 0.25) is 0 Å². The van der Waals surface area contributed by atoms with E-state index in [1.165, 1.54) is 29.2 Å². The SMILES string of the molecule is Nc1[nH]nc2nc([C@H]3CCCCN3C(=O)COc3ccc(F)cc3)cc(C(F)(F)F)c12. The summed E-state index contributed by atoms with van der Waals surface area (Å²) in [4.78, 5) is 18.5. The van der Waals surface area contributed by atoms with Crippen LogP contribution in [-0.4, -0.2) is 39.1 Å². The van der Waals surface area contributed by atoms with Crippen LogP contribution in [0.4, 0.5) is 23.4 Å². The van der Waals surface area contributed by atoms with Crippen molar-refractivity contribution in [1.82, 2.24) is 20.1 Å². The maximum Gasteiger partial charge on any atom is 0.417 e. The molecule has 1 atom stereocenters. The normalized spacial score (nSPS) is 17.2. The number of rotatable bonds is 4. The lowest BCUT2D eigenvalue weighted by Crippen LogP contribution is -2.41. The minimum Gasteiger partial charge on any atom is -0.484 e. The maximum atomic E-state index is 13.7. The lowest BCUT2D eigenvalue weighted by Gasteiger charge is -2.35. The molecule has 7 nitrogen and oxygen atoms in total. The van der Waals surface area contributed by atoms with Gasteiger partial charge in [-0.3, -0.25) is 9.89 Å². The molecular formula is C20H19F4N5O2. The fourth-order valence-corrected chi connectivity index (χ4v) is 3.76. The molecule has 0 bridgehead atoms. The van der Waals surface area contributed by atoms with Crippen LogP contribution >= 0.6 is 0 Å². The van der Waals surface area contributed by atoms with Crippen LogP contribution in [0.2, 0.25) is 0 Å². The van der Waals surface area contributed by atoms with Crippen LogP contribution in [0.15, 0.2) is 30.3 Å². The Hall–Kier alpha value is -3.37. The highest BCUT2D eigenvalue weighted by Gasteiger charge is 2.37. The van der Waals surface area contributed by atoms with Gasteiger partial charge in [-0.1, -0.05) is 0 Å². The lowest BCUT2D eigenvalue weighted by molar-refractivity contribution is -0.137. The lowest BCUT2D eigenvalue weighted by atomic mass is 9.97. The van der Waals surface area contributed by atoms with Crippen LogP contribution in [0.25, 0.3) is 11.0 Å². The molecule has 2 aromatic heterocycles. The van der Waals surface area contributed by atoms with E-state index < -0.39 is 29.5 Å². The van der Waals surface area contributed by atoms with E-state index in [0.29, 0.717) is 25.1 Å². The van der Waals surface area contributed by atoms with Gasteiger partial charge in [0.1, 0.15) is 17.4 Å². The molecule has 1 fully saturated rings. The number of likely N-dealkylation sites (tertiary alicyclic amines) is 1. The highest BCUT2D eigenvalue weighted by atomic mass is 19.4. The first-order chi connectivity index (χ1) is 14.7. The number of halogens is 4. The van der Waals surface area contributed by atoms with Crippen LogP contribution in [0.1, 0.15) is 36.6 Å². The molecule has 11 heteroatoms. The fourth-order valence-electron chi connectivity index (χ4n) is 3.76. The van der Waals surface area contributed by atoms with Crippen molar-refractivity contribution >= 4 is 22.8 Å². The molecule has 0 unspecified atom stereocenters. The summed E-state index contributed by atoms with van der Waals surface area (Å²) in [5, 5.41) is 5.83. The van der Waals surface area contributed by atoms with Crippen molar-refractivity contribution < 1.29 is 27.1 Å². The van der Waals surface area contributed by atoms with Gasteiger partial charge in [-0.05, 0) is 49.6 Å². The molecule has 31 heavy (non-hydrogen) atoms. The minimum atomic E-state index is -4.66. The molecule has 1 aromatic carbocycles. The number of H-pyrrole nitrogens is 1. The van der Waals surface area contributed by atoms with E-state index in [-0.39, 0.29) is 29.2 Å². The number of carbonyl (C=O) groups excluding carboxylic acids is 1.